The third kappa shape index (κ3) is 4.84. The highest BCUT2D eigenvalue weighted by Gasteiger charge is 2.17. The van der Waals surface area contributed by atoms with Crippen LogP contribution in [0.4, 0.5) is 5.69 Å². The number of amides is 1. The van der Waals surface area contributed by atoms with Gasteiger partial charge in [-0.1, -0.05) is 25.1 Å². The highest BCUT2D eigenvalue weighted by molar-refractivity contribution is 5.91. The SMILES string of the molecule is CCc1ccccc1NC(=O)CC1CCNCC1.Cl. The molecule has 1 saturated heterocycles. The molecule has 0 atom stereocenters. The van der Waals surface area contributed by atoms with E-state index in [0.29, 0.717) is 12.3 Å². The first-order valence-electron chi connectivity index (χ1n) is 6.88. The summed E-state index contributed by atoms with van der Waals surface area (Å²) in [6.45, 7) is 4.20. The number of para-hydroxylation sites is 1. The van der Waals surface area contributed by atoms with Crippen molar-refractivity contribution in [2.45, 2.75) is 32.6 Å². The Bertz CT molecular complexity index is 403. The zero-order valence-electron chi connectivity index (χ0n) is 11.4. The standard InChI is InChI=1S/C15H22N2O.ClH/c1-2-13-5-3-4-6-14(13)17-15(18)11-12-7-9-16-10-8-12;/h3-6,12,16H,2,7-11H2,1H3,(H,17,18);1H. The molecule has 1 aliphatic rings. The first kappa shape index (κ1) is 16.0. The summed E-state index contributed by atoms with van der Waals surface area (Å²) in [5.74, 6) is 0.697. The van der Waals surface area contributed by atoms with Gasteiger partial charge in [0.05, 0.1) is 0 Å². The van der Waals surface area contributed by atoms with Crippen molar-refractivity contribution in [3.05, 3.63) is 29.8 Å². The van der Waals surface area contributed by atoms with Crippen molar-refractivity contribution >= 4 is 24.0 Å². The minimum atomic E-state index is 0. The van der Waals surface area contributed by atoms with Gasteiger partial charge in [-0.15, -0.1) is 12.4 Å². The Kier molecular flexibility index (Phi) is 6.89. The van der Waals surface area contributed by atoms with E-state index in [0.717, 1.165) is 38.0 Å². The second-order valence-corrected chi connectivity index (χ2v) is 4.96. The predicted molar refractivity (Wildman–Crippen MR) is 81.9 cm³/mol. The maximum Gasteiger partial charge on any atom is 0.224 e. The van der Waals surface area contributed by atoms with E-state index < -0.39 is 0 Å². The van der Waals surface area contributed by atoms with Crippen molar-refractivity contribution in [2.75, 3.05) is 18.4 Å². The average molecular weight is 283 g/mol. The van der Waals surface area contributed by atoms with Crippen LogP contribution in [0, 0.1) is 5.92 Å². The summed E-state index contributed by atoms with van der Waals surface area (Å²) < 4.78 is 0. The number of rotatable bonds is 4. The molecule has 0 unspecified atom stereocenters. The molecule has 0 aromatic heterocycles. The number of hydrogen-bond donors (Lipinski definition) is 2. The molecule has 0 spiro atoms. The number of carbonyl (C=O) groups excluding carboxylic acids is 1. The van der Waals surface area contributed by atoms with Gasteiger partial charge in [-0.3, -0.25) is 4.79 Å². The predicted octanol–water partition coefficient (Wildman–Crippen LogP) is 3.00. The Labute approximate surface area is 121 Å². The fourth-order valence-electron chi connectivity index (χ4n) is 2.50. The molecule has 1 heterocycles. The van der Waals surface area contributed by atoms with Crippen LogP contribution in [0.3, 0.4) is 0 Å². The highest BCUT2D eigenvalue weighted by Crippen LogP contribution is 2.19. The van der Waals surface area contributed by atoms with Crippen LogP contribution in [0.1, 0.15) is 31.7 Å². The van der Waals surface area contributed by atoms with E-state index in [1.807, 2.05) is 18.2 Å². The third-order valence-corrected chi connectivity index (χ3v) is 3.61. The zero-order valence-corrected chi connectivity index (χ0v) is 12.3. The third-order valence-electron chi connectivity index (χ3n) is 3.61. The second-order valence-electron chi connectivity index (χ2n) is 4.96. The van der Waals surface area contributed by atoms with E-state index in [-0.39, 0.29) is 18.3 Å². The number of halogens is 1. The molecule has 3 nitrogen and oxygen atoms in total. The van der Waals surface area contributed by atoms with Crippen LogP contribution in [0.15, 0.2) is 24.3 Å². The first-order chi connectivity index (χ1) is 8.79. The lowest BCUT2D eigenvalue weighted by atomic mass is 9.94. The number of aryl methyl sites for hydroxylation is 1. The van der Waals surface area contributed by atoms with Gasteiger partial charge < -0.3 is 10.6 Å². The molecule has 0 aliphatic carbocycles. The minimum absolute atomic E-state index is 0. The molecule has 1 aromatic rings. The molecule has 2 N–H and O–H groups in total. The van der Waals surface area contributed by atoms with Crippen LogP contribution in [0.5, 0.6) is 0 Å². The maximum atomic E-state index is 12.0. The molecule has 1 amide bonds. The van der Waals surface area contributed by atoms with Crippen molar-refractivity contribution < 1.29 is 4.79 Å². The van der Waals surface area contributed by atoms with Gasteiger partial charge in [-0.2, -0.15) is 0 Å². The first-order valence-corrected chi connectivity index (χ1v) is 6.88. The number of piperidine rings is 1. The Morgan fingerprint density at radius 2 is 2.00 bits per heavy atom. The molecule has 0 radical (unpaired) electrons. The van der Waals surface area contributed by atoms with E-state index in [1.165, 1.54) is 5.56 Å². The van der Waals surface area contributed by atoms with E-state index in [2.05, 4.69) is 23.6 Å². The molecule has 1 aromatic carbocycles. The number of benzene rings is 1. The van der Waals surface area contributed by atoms with Crippen molar-refractivity contribution in [3.63, 3.8) is 0 Å². The van der Waals surface area contributed by atoms with Gasteiger partial charge >= 0.3 is 0 Å². The fraction of sp³-hybridized carbons (Fsp3) is 0.533. The molecule has 1 fully saturated rings. The molecule has 1 aliphatic heterocycles. The van der Waals surface area contributed by atoms with Crippen LogP contribution >= 0.6 is 12.4 Å². The lowest BCUT2D eigenvalue weighted by molar-refractivity contribution is -0.117. The van der Waals surface area contributed by atoms with E-state index >= 15 is 0 Å². The maximum absolute atomic E-state index is 12.0. The summed E-state index contributed by atoms with van der Waals surface area (Å²) in [5.41, 5.74) is 2.18. The van der Waals surface area contributed by atoms with Gasteiger partial charge in [0.25, 0.3) is 0 Å². The topological polar surface area (TPSA) is 41.1 Å². The summed E-state index contributed by atoms with van der Waals surface area (Å²) in [6.07, 6.45) is 3.83. The molecular formula is C15H23ClN2O. The lowest BCUT2D eigenvalue weighted by Gasteiger charge is -2.22. The van der Waals surface area contributed by atoms with Crippen LogP contribution in [-0.2, 0) is 11.2 Å². The monoisotopic (exact) mass is 282 g/mol. The molecule has 2 rings (SSSR count). The van der Waals surface area contributed by atoms with E-state index in [9.17, 15) is 4.79 Å². The van der Waals surface area contributed by atoms with Gasteiger partial charge in [0.15, 0.2) is 0 Å². The van der Waals surface area contributed by atoms with Crippen LogP contribution in [0.2, 0.25) is 0 Å². The van der Waals surface area contributed by atoms with Crippen molar-refractivity contribution in [1.29, 1.82) is 0 Å². The largest absolute Gasteiger partial charge is 0.326 e. The van der Waals surface area contributed by atoms with Crippen molar-refractivity contribution in [1.82, 2.24) is 5.32 Å². The van der Waals surface area contributed by atoms with Crippen LogP contribution in [0.25, 0.3) is 0 Å². The summed E-state index contributed by atoms with van der Waals surface area (Å²) in [4.78, 5) is 12.0. The lowest BCUT2D eigenvalue weighted by Crippen LogP contribution is -2.30. The van der Waals surface area contributed by atoms with Gasteiger partial charge in [0.2, 0.25) is 5.91 Å². The molecule has 0 saturated carbocycles. The normalized spacial score (nSPS) is 15.6. The quantitative estimate of drug-likeness (QED) is 0.891. The number of carbonyl (C=O) groups is 1. The van der Waals surface area contributed by atoms with E-state index in [4.69, 9.17) is 0 Å². The smallest absolute Gasteiger partial charge is 0.224 e. The zero-order chi connectivity index (χ0) is 12.8. The van der Waals surface area contributed by atoms with Crippen LogP contribution in [-0.4, -0.2) is 19.0 Å². The number of hydrogen-bond acceptors (Lipinski definition) is 2. The minimum Gasteiger partial charge on any atom is -0.326 e. The van der Waals surface area contributed by atoms with Gasteiger partial charge in [0, 0.05) is 12.1 Å². The van der Waals surface area contributed by atoms with Crippen molar-refractivity contribution in [3.8, 4) is 0 Å². The molecule has 19 heavy (non-hydrogen) atoms. The Morgan fingerprint density at radius 3 is 2.68 bits per heavy atom. The average Bonchev–Trinajstić information content (AvgIpc) is 2.40. The summed E-state index contributed by atoms with van der Waals surface area (Å²) in [6, 6.07) is 8.04. The summed E-state index contributed by atoms with van der Waals surface area (Å²) >= 11 is 0. The van der Waals surface area contributed by atoms with Gasteiger partial charge in [0.1, 0.15) is 0 Å². The second kappa shape index (κ2) is 8.18. The summed E-state index contributed by atoms with van der Waals surface area (Å²) in [7, 11) is 0. The van der Waals surface area contributed by atoms with E-state index in [1.54, 1.807) is 0 Å². The Hall–Kier alpha value is -1.06. The van der Waals surface area contributed by atoms with Crippen LogP contribution < -0.4 is 10.6 Å². The Morgan fingerprint density at radius 1 is 1.32 bits per heavy atom. The fourth-order valence-corrected chi connectivity index (χ4v) is 2.50. The molecule has 4 heteroatoms. The number of anilines is 1. The summed E-state index contributed by atoms with van der Waals surface area (Å²) in [5, 5.41) is 6.37. The molecule has 106 valence electrons. The Balaban J connectivity index is 0.00000180. The molecular weight excluding hydrogens is 260 g/mol. The highest BCUT2D eigenvalue weighted by atomic mass is 35.5. The van der Waals surface area contributed by atoms with Crippen molar-refractivity contribution in [2.24, 2.45) is 5.92 Å². The molecule has 0 bridgehead atoms. The number of nitrogens with one attached hydrogen (secondary N) is 2. The van der Waals surface area contributed by atoms with Gasteiger partial charge in [-0.25, -0.2) is 0 Å². The van der Waals surface area contributed by atoms with Gasteiger partial charge in [-0.05, 0) is 49.9 Å².